The molecule has 5 nitrogen and oxygen atoms in total. The summed E-state index contributed by atoms with van der Waals surface area (Å²) in [5.74, 6) is 1.89. The van der Waals surface area contributed by atoms with E-state index in [1.165, 1.54) is 11.1 Å². The fourth-order valence-corrected chi connectivity index (χ4v) is 3.75. The number of aromatic nitrogens is 2. The average molecular weight is 403 g/mol. The van der Waals surface area contributed by atoms with E-state index in [1.54, 1.807) is 0 Å². The summed E-state index contributed by atoms with van der Waals surface area (Å²) in [5, 5.41) is 13.7. The van der Waals surface area contributed by atoms with E-state index in [0.29, 0.717) is 11.9 Å². The average Bonchev–Trinajstić information content (AvgIpc) is 2.73. The molecule has 1 aliphatic heterocycles. The van der Waals surface area contributed by atoms with Gasteiger partial charge in [0.05, 0.1) is 11.3 Å². The van der Waals surface area contributed by atoms with E-state index >= 15 is 0 Å². The Morgan fingerprint density at radius 3 is 2.47 bits per heavy atom. The zero-order chi connectivity index (χ0) is 21.3. The smallest absolute Gasteiger partial charge is 0.229 e. The molecule has 5 heteroatoms. The largest absolute Gasteiger partial charge is 0.386 e. The van der Waals surface area contributed by atoms with Crippen molar-refractivity contribution in [2.24, 2.45) is 0 Å². The van der Waals surface area contributed by atoms with Crippen LogP contribution in [0.4, 0.5) is 17.5 Å². The molecule has 0 bridgehead atoms. The lowest BCUT2D eigenvalue weighted by Gasteiger charge is -2.31. The monoisotopic (exact) mass is 402 g/mol. The van der Waals surface area contributed by atoms with Crippen LogP contribution in [0.25, 0.3) is 0 Å². The summed E-state index contributed by atoms with van der Waals surface area (Å²) in [7, 11) is 0. The summed E-state index contributed by atoms with van der Waals surface area (Å²) in [5.41, 5.74) is 4.76. The Bertz CT molecular complexity index is 1030. The van der Waals surface area contributed by atoms with Crippen LogP contribution in [0.1, 0.15) is 56.0 Å². The lowest BCUT2D eigenvalue weighted by molar-refractivity contribution is 0.0785. The summed E-state index contributed by atoms with van der Waals surface area (Å²) >= 11 is 0. The van der Waals surface area contributed by atoms with Crippen molar-refractivity contribution < 1.29 is 5.11 Å². The van der Waals surface area contributed by atoms with Crippen molar-refractivity contribution in [3.8, 4) is 0 Å². The number of fused-ring (bicyclic) bond motifs is 1. The summed E-state index contributed by atoms with van der Waals surface area (Å²) in [6.45, 7) is 9.67. The van der Waals surface area contributed by atoms with Gasteiger partial charge in [0.15, 0.2) is 0 Å². The van der Waals surface area contributed by atoms with Crippen LogP contribution < -0.4 is 10.2 Å². The molecule has 0 saturated carbocycles. The number of hydrogen-bond acceptors (Lipinski definition) is 5. The topological polar surface area (TPSA) is 61.3 Å². The molecule has 2 N–H and O–H groups in total. The minimum absolute atomic E-state index is 0.314. The van der Waals surface area contributed by atoms with Crippen molar-refractivity contribution in [1.29, 1.82) is 0 Å². The van der Waals surface area contributed by atoms with E-state index in [9.17, 15) is 5.11 Å². The molecule has 0 spiro atoms. The summed E-state index contributed by atoms with van der Waals surface area (Å²) in [6.07, 6.45) is 0.932. The third kappa shape index (κ3) is 4.46. The molecule has 2 aromatic carbocycles. The van der Waals surface area contributed by atoms with E-state index in [4.69, 9.17) is 9.97 Å². The van der Waals surface area contributed by atoms with E-state index < -0.39 is 5.60 Å². The van der Waals surface area contributed by atoms with Crippen molar-refractivity contribution in [3.05, 3.63) is 77.0 Å². The molecule has 0 unspecified atom stereocenters. The quantitative estimate of drug-likeness (QED) is 0.619. The summed E-state index contributed by atoms with van der Waals surface area (Å²) in [6, 6.07) is 18.5. The molecule has 1 aliphatic rings. The Balaban J connectivity index is 1.62. The van der Waals surface area contributed by atoms with Crippen LogP contribution in [0.15, 0.2) is 54.6 Å². The predicted molar refractivity (Wildman–Crippen MR) is 122 cm³/mol. The zero-order valence-corrected chi connectivity index (χ0v) is 18.2. The van der Waals surface area contributed by atoms with Gasteiger partial charge in [0, 0.05) is 24.8 Å². The Labute approximate surface area is 178 Å². The van der Waals surface area contributed by atoms with E-state index in [2.05, 4.69) is 42.3 Å². The molecule has 4 rings (SSSR count). The molecule has 30 heavy (non-hydrogen) atoms. The molecule has 0 radical (unpaired) electrons. The van der Waals surface area contributed by atoms with Crippen molar-refractivity contribution in [3.63, 3.8) is 0 Å². The van der Waals surface area contributed by atoms with Crippen LogP contribution in [0, 0.1) is 0 Å². The Morgan fingerprint density at radius 2 is 1.77 bits per heavy atom. The van der Waals surface area contributed by atoms with Crippen LogP contribution in [-0.4, -0.2) is 21.6 Å². The highest BCUT2D eigenvalue weighted by molar-refractivity contribution is 5.56. The number of para-hydroxylation sites is 1. The second kappa shape index (κ2) is 8.07. The van der Waals surface area contributed by atoms with Gasteiger partial charge < -0.3 is 15.3 Å². The predicted octanol–water partition coefficient (Wildman–Crippen LogP) is 5.13. The van der Waals surface area contributed by atoms with Gasteiger partial charge in [-0.25, -0.2) is 4.98 Å². The van der Waals surface area contributed by atoms with Gasteiger partial charge >= 0.3 is 0 Å². The first-order chi connectivity index (χ1) is 14.3. The fraction of sp³-hybridized carbons (Fsp3) is 0.360. The normalized spacial score (nSPS) is 14.0. The highest BCUT2D eigenvalue weighted by Crippen LogP contribution is 2.29. The molecule has 0 fully saturated rings. The van der Waals surface area contributed by atoms with Crippen molar-refractivity contribution in [1.82, 2.24) is 9.97 Å². The maximum absolute atomic E-state index is 10.3. The van der Waals surface area contributed by atoms with E-state index in [0.717, 1.165) is 42.3 Å². The molecule has 1 aromatic heterocycles. The van der Waals surface area contributed by atoms with Crippen molar-refractivity contribution >= 4 is 17.5 Å². The molecule has 156 valence electrons. The first-order valence-corrected chi connectivity index (χ1v) is 10.6. The standard InChI is InChI=1S/C25H30N4O/c1-17(2)22-15-23(28-24(27-22)26-21-8-6-5-7-9-21)29-13-12-18-14-20(25(3,4)30)11-10-19(18)16-29/h5-11,14-15,17,30H,12-13,16H2,1-4H3,(H,26,27,28). The van der Waals surface area contributed by atoms with Crippen molar-refractivity contribution in [2.75, 3.05) is 16.8 Å². The highest BCUT2D eigenvalue weighted by atomic mass is 16.3. The van der Waals surface area contributed by atoms with Crippen LogP contribution in [0.5, 0.6) is 0 Å². The van der Waals surface area contributed by atoms with Gasteiger partial charge in [-0.3, -0.25) is 0 Å². The van der Waals surface area contributed by atoms with Gasteiger partial charge in [-0.1, -0.05) is 50.2 Å². The molecule has 0 atom stereocenters. The number of benzene rings is 2. The molecule has 0 saturated heterocycles. The maximum atomic E-state index is 10.3. The first-order valence-electron chi connectivity index (χ1n) is 10.6. The van der Waals surface area contributed by atoms with E-state index in [1.807, 2.05) is 50.2 Å². The van der Waals surface area contributed by atoms with Gasteiger partial charge in [-0.05, 0) is 55.0 Å². The third-order valence-electron chi connectivity index (χ3n) is 5.60. The second-order valence-corrected chi connectivity index (χ2v) is 8.83. The molecule has 2 heterocycles. The maximum Gasteiger partial charge on any atom is 0.229 e. The number of anilines is 3. The summed E-state index contributed by atoms with van der Waals surface area (Å²) < 4.78 is 0. The van der Waals surface area contributed by atoms with Gasteiger partial charge in [-0.2, -0.15) is 4.98 Å². The Hall–Kier alpha value is -2.92. The molecular weight excluding hydrogens is 372 g/mol. The number of hydrogen-bond donors (Lipinski definition) is 2. The zero-order valence-electron chi connectivity index (χ0n) is 18.2. The Kier molecular flexibility index (Phi) is 5.48. The van der Waals surface area contributed by atoms with Crippen LogP contribution in [-0.2, 0) is 18.6 Å². The number of rotatable bonds is 5. The summed E-state index contributed by atoms with van der Waals surface area (Å²) in [4.78, 5) is 11.9. The van der Waals surface area contributed by atoms with Crippen LogP contribution >= 0.6 is 0 Å². The molecular formula is C25H30N4O. The first kappa shape index (κ1) is 20.4. The third-order valence-corrected chi connectivity index (χ3v) is 5.60. The van der Waals surface area contributed by atoms with Gasteiger partial charge in [0.25, 0.3) is 0 Å². The van der Waals surface area contributed by atoms with E-state index in [-0.39, 0.29) is 0 Å². The molecule has 0 aliphatic carbocycles. The van der Waals surface area contributed by atoms with Crippen molar-refractivity contribution in [2.45, 2.75) is 52.2 Å². The molecule has 3 aromatic rings. The highest BCUT2D eigenvalue weighted by Gasteiger charge is 2.23. The second-order valence-electron chi connectivity index (χ2n) is 8.83. The number of aliphatic hydroxyl groups is 1. The number of nitrogens with one attached hydrogen (secondary N) is 1. The molecule has 0 amide bonds. The number of nitrogens with zero attached hydrogens (tertiary/aromatic N) is 3. The lowest BCUT2D eigenvalue weighted by Crippen LogP contribution is -2.32. The SMILES string of the molecule is CC(C)c1cc(N2CCc3cc(C(C)(C)O)ccc3C2)nc(Nc2ccccc2)n1. The van der Waals surface area contributed by atoms with Gasteiger partial charge in [-0.15, -0.1) is 0 Å². The van der Waals surface area contributed by atoms with Gasteiger partial charge in [0.2, 0.25) is 5.95 Å². The fourth-order valence-electron chi connectivity index (χ4n) is 3.75. The lowest BCUT2D eigenvalue weighted by atomic mass is 9.91. The minimum atomic E-state index is -0.816. The van der Waals surface area contributed by atoms with Gasteiger partial charge in [0.1, 0.15) is 5.82 Å². The van der Waals surface area contributed by atoms with Crippen LogP contribution in [0.2, 0.25) is 0 Å². The van der Waals surface area contributed by atoms with Crippen LogP contribution in [0.3, 0.4) is 0 Å². The minimum Gasteiger partial charge on any atom is -0.386 e. The Morgan fingerprint density at radius 1 is 1.00 bits per heavy atom.